The van der Waals surface area contributed by atoms with Crippen molar-refractivity contribution >= 4 is 17.3 Å². The summed E-state index contributed by atoms with van der Waals surface area (Å²) < 4.78 is 0. The molecule has 8 heteroatoms. The zero-order valence-electron chi connectivity index (χ0n) is 11.8. The molecule has 1 amide bonds. The van der Waals surface area contributed by atoms with Crippen molar-refractivity contribution in [2.75, 3.05) is 5.32 Å². The molecular formula is C15H11N5O3. The van der Waals surface area contributed by atoms with Crippen LogP contribution in [-0.2, 0) is 0 Å². The molecule has 1 heterocycles. The van der Waals surface area contributed by atoms with Gasteiger partial charge in [-0.1, -0.05) is 18.2 Å². The monoisotopic (exact) mass is 309 g/mol. The van der Waals surface area contributed by atoms with Crippen LogP contribution in [-0.4, -0.2) is 25.8 Å². The third kappa shape index (κ3) is 3.21. The fraction of sp³-hybridized carbons (Fsp3) is 0. The lowest BCUT2D eigenvalue weighted by atomic mass is 10.3. The highest BCUT2D eigenvalue weighted by Crippen LogP contribution is 2.16. The SMILES string of the molecule is O=C(Nc1ccc([N+](=O)[O-])cc1)c1cnn(-c2ccccc2)n1. The molecule has 1 aromatic heterocycles. The quantitative estimate of drug-likeness (QED) is 0.589. The standard InChI is InChI=1S/C15H11N5O3/c21-15(17-11-6-8-13(9-7-11)20(22)23)14-10-16-19(18-14)12-4-2-1-3-5-12/h1-10H,(H,17,21). The third-order valence-corrected chi connectivity index (χ3v) is 3.05. The zero-order chi connectivity index (χ0) is 16.2. The number of nitro groups is 1. The zero-order valence-corrected chi connectivity index (χ0v) is 11.8. The van der Waals surface area contributed by atoms with Crippen molar-refractivity contribution in [3.8, 4) is 5.69 Å². The molecule has 114 valence electrons. The van der Waals surface area contributed by atoms with E-state index in [0.717, 1.165) is 5.69 Å². The Morgan fingerprint density at radius 2 is 1.78 bits per heavy atom. The molecule has 0 radical (unpaired) electrons. The molecular weight excluding hydrogens is 298 g/mol. The van der Waals surface area contributed by atoms with Gasteiger partial charge in [-0.15, -0.1) is 5.10 Å². The Kier molecular flexibility index (Phi) is 3.79. The Morgan fingerprint density at radius 1 is 1.09 bits per heavy atom. The molecule has 8 nitrogen and oxygen atoms in total. The van der Waals surface area contributed by atoms with E-state index in [1.807, 2.05) is 30.3 Å². The van der Waals surface area contributed by atoms with E-state index in [1.165, 1.54) is 35.3 Å². The number of hydrogen-bond donors (Lipinski definition) is 1. The van der Waals surface area contributed by atoms with Gasteiger partial charge in [0.1, 0.15) is 0 Å². The number of amides is 1. The summed E-state index contributed by atoms with van der Waals surface area (Å²) in [5.74, 6) is -0.443. The molecule has 0 atom stereocenters. The lowest BCUT2D eigenvalue weighted by Crippen LogP contribution is -2.13. The molecule has 0 bridgehead atoms. The minimum atomic E-state index is -0.503. The summed E-state index contributed by atoms with van der Waals surface area (Å²) >= 11 is 0. The van der Waals surface area contributed by atoms with Crippen LogP contribution in [0.25, 0.3) is 5.69 Å². The second kappa shape index (κ2) is 6.06. The Balaban J connectivity index is 1.74. The van der Waals surface area contributed by atoms with Gasteiger partial charge >= 0.3 is 0 Å². The second-order valence-electron chi connectivity index (χ2n) is 4.61. The Morgan fingerprint density at radius 3 is 2.43 bits per heavy atom. The van der Waals surface area contributed by atoms with Gasteiger partial charge < -0.3 is 5.32 Å². The Bertz CT molecular complexity index is 843. The highest BCUT2D eigenvalue weighted by Gasteiger charge is 2.12. The Hall–Kier alpha value is -3.55. The van der Waals surface area contributed by atoms with Crippen LogP contribution >= 0.6 is 0 Å². The van der Waals surface area contributed by atoms with Crippen molar-refractivity contribution in [2.45, 2.75) is 0 Å². The number of anilines is 1. The topological polar surface area (TPSA) is 103 Å². The molecule has 0 aliphatic carbocycles. The average molecular weight is 309 g/mol. The molecule has 0 aliphatic rings. The number of carbonyl (C=O) groups is 1. The number of nitrogens with one attached hydrogen (secondary N) is 1. The van der Waals surface area contributed by atoms with Crippen molar-refractivity contribution in [3.63, 3.8) is 0 Å². The number of benzene rings is 2. The molecule has 0 spiro atoms. The summed E-state index contributed by atoms with van der Waals surface area (Å²) in [6.45, 7) is 0. The lowest BCUT2D eigenvalue weighted by Gasteiger charge is -2.02. The van der Waals surface area contributed by atoms with Crippen LogP contribution in [0.4, 0.5) is 11.4 Å². The van der Waals surface area contributed by atoms with Crippen molar-refractivity contribution in [3.05, 3.63) is 76.6 Å². The van der Waals surface area contributed by atoms with Gasteiger partial charge in [0.25, 0.3) is 11.6 Å². The molecule has 0 unspecified atom stereocenters. The molecule has 0 saturated carbocycles. The highest BCUT2D eigenvalue weighted by molar-refractivity contribution is 6.02. The van der Waals surface area contributed by atoms with Gasteiger partial charge in [0.2, 0.25) is 0 Å². The van der Waals surface area contributed by atoms with Gasteiger partial charge in [0.15, 0.2) is 5.69 Å². The molecule has 2 aromatic carbocycles. The molecule has 0 saturated heterocycles. The van der Waals surface area contributed by atoms with Crippen molar-refractivity contribution < 1.29 is 9.72 Å². The Labute approximate surface area is 130 Å². The van der Waals surface area contributed by atoms with E-state index in [1.54, 1.807) is 0 Å². The van der Waals surface area contributed by atoms with Gasteiger partial charge in [-0.25, -0.2) is 0 Å². The van der Waals surface area contributed by atoms with Crippen LogP contribution in [0.1, 0.15) is 10.5 Å². The first-order chi connectivity index (χ1) is 11.1. The number of para-hydroxylation sites is 1. The first-order valence-corrected chi connectivity index (χ1v) is 6.67. The van der Waals surface area contributed by atoms with E-state index >= 15 is 0 Å². The van der Waals surface area contributed by atoms with Crippen LogP contribution in [0.2, 0.25) is 0 Å². The van der Waals surface area contributed by atoms with Crippen molar-refractivity contribution in [2.24, 2.45) is 0 Å². The maximum atomic E-state index is 12.1. The fourth-order valence-corrected chi connectivity index (χ4v) is 1.91. The van der Waals surface area contributed by atoms with Crippen LogP contribution in [0, 0.1) is 10.1 Å². The number of non-ortho nitro benzene ring substituents is 1. The fourth-order valence-electron chi connectivity index (χ4n) is 1.91. The van der Waals surface area contributed by atoms with Crippen LogP contribution in [0.15, 0.2) is 60.8 Å². The predicted octanol–water partition coefficient (Wildman–Crippen LogP) is 2.43. The minimum Gasteiger partial charge on any atom is -0.321 e. The molecule has 1 N–H and O–H groups in total. The molecule has 3 aromatic rings. The number of hydrogen-bond acceptors (Lipinski definition) is 5. The van der Waals surface area contributed by atoms with Gasteiger partial charge in [-0.2, -0.15) is 9.90 Å². The summed E-state index contributed by atoms with van der Waals surface area (Å²) in [4.78, 5) is 23.6. The number of rotatable bonds is 4. The molecule has 0 aliphatic heterocycles. The maximum Gasteiger partial charge on any atom is 0.277 e. The summed E-state index contributed by atoms with van der Waals surface area (Å²) in [6.07, 6.45) is 1.35. The summed E-state index contributed by atoms with van der Waals surface area (Å²) in [6, 6.07) is 14.7. The third-order valence-electron chi connectivity index (χ3n) is 3.05. The van der Waals surface area contributed by atoms with Crippen molar-refractivity contribution in [1.29, 1.82) is 0 Å². The number of aromatic nitrogens is 3. The van der Waals surface area contributed by atoms with Crippen LogP contribution < -0.4 is 5.32 Å². The highest BCUT2D eigenvalue weighted by atomic mass is 16.6. The number of nitro benzene ring substituents is 1. The van der Waals surface area contributed by atoms with Crippen molar-refractivity contribution in [1.82, 2.24) is 15.0 Å². The molecule has 3 rings (SSSR count). The normalized spacial score (nSPS) is 10.3. The largest absolute Gasteiger partial charge is 0.321 e. The second-order valence-corrected chi connectivity index (χ2v) is 4.61. The number of nitrogens with zero attached hydrogens (tertiary/aromatic N) is 4. The van der Waals surface area contributed by atoms with E-state index in [-0.39, 0.29) is 11.4 Å². The minimum absolute atomic E-state index is 0.0435. The van der Waals surface area contributed by atoms with E-state index in [0.29, 0.717) is 5.69 Å². The van der Waals surface area contributed by atoms with Gasteiger partial charge in [0.05, 0.1) is 16.8 Å². The summed E-state index contributed by atoms with van der Waals surface area (Å²) in [5, 5.41) is 21.4. The number of carbonyl (C=O) groups excluding carboxylic acids is 1. The van der Waals surface area contributed by atoms with Crippen LogP contribution in [0.3, 0.4) is 0 Å². The summed E-state index contributed by atoms with van der Waals surface area (Å²) in [7, 11) is 0. The van der Waals surface area contributed by atoms with Crippen LogP contribution in [0.5, 0.6) is 0 Å². The smallest absolute Gasteiger partial charge is 0.277 e. The first-order valence-electron chi connectivity index (χ1n) is 6.67. The van der Waals surface area contributed by atoms with Gasteiger partial charge in [0, 0.05) is 17.8 Å². The molecule has 23 heavy (non-hydrogen) atoms. The van der Waals surface area contributed by atoms with E-state index in [4.69, 9.17) is 0 Å². The van der Waals surface area contributed by atoms with E-state index < -0.39 is 10.8 Å². The first kappa shape index (κ1) is 14.4. The maximum absolute atomic E-state index is 12.1. The summed E-state index contributed by atoms with van der Waals surface area (Å²) in [5.41, 5.74) is 1.28. The van der Waals surface area contributed by atoms with Gasteiger partial charge in [-0.05, 0) is 24.3 Å². The lowest BCUT2D eigenvalue weighted by molar-refractivity contribution is -0.384. The predicted molar refractivity (Wildman–Crippen MR) is 82.4 cm³/mol. The van der Waals surface area contributed by atoms with Gasteiger partial charge in [-0.3, -0.25) is 14.9 Å². The van der Waals surface area contributed by atoms with E-state index in [2.05, 4.69) is 15.5 Å². The van der Waals surface area contributed by atoms with E-state index in [9.17, 15) is 14.9 Å². The average Bonchev–Trinajstić information content (AvgIpc) is 3.06. The molecule has 0 fully saturated rings.